The SMILES string of the molecule is COC(=O)[C@@H](Cc1cccc(F)c1)NC(=O)c1cccc(Br)c1. The molecule has 4 nitrogen and oxygen atoms in total. The Bertz CT molecular complexity index is 720. The predicted molar refractivity (Wildman–Crippen MR) is 87.5 cm³/mol. The lowest BCUT2D eigenvalue weighted by Crippen LogP contribution is -2.43. The number of ether oxygens (including phenoxy) is 1. The summed E-state index contributed by atoms with van der Waals surface area (Å²) in [5, 5.41) is 2.62. The third-order valence-electron chi connectivity index (χ3n) is 3.21. The number of halogens is 2. The van der Waals surface area contributed by atoms with Crippen molar-refractivity contribution in [2.24, 2.45) is 0 Å². The van der Waals surface area contributed by atoms with Crippen LogP contribution in [-0.2, 0) is 16.0 Å². The second kappa shape index (κ2) is 7.87. The molecule has 0 radical (unpaired) electrons. The molecule has 2 aromatic carbocycles. The second-order valence-corrected chi connectivity index (χ2v) is 5.81. The topological polar surface area (TPSA) is 55.4 Å². The van der Waals surface area contributed by atoms with Crippen molar-refractivity contribution in [2.45, 2.75) is 12.5 Å². The molecule has 2 aromatic rings. The Kier molecular flexibility index (Phi) is 5.87. The van der Waals surface area contributed by atoms with Crippen LogP contribution in [0.3, 0.4) is 0 Å². The lowest BCUT2D eigenvalue weighted by atomic mass is 10.1. The molecule has 1 atom stereocenters. The van der Waals surface area contributed by atoms with Gasteiger partial charge in [0.05, 0.1) is 7.11 Å². The van der Waals surface area contributed by atoms with Crippen LogP contribution in [0.25, 0.3) is 0 Å². The van der Waals surface area contributed by atoms with E-state index in [1.54, 1.807) is 36.4 Å². The van der Waals surface area contributed by atoms with Gasteiger partial charge in [-0.15, -0.1) is 0 Å². The minimum absolute atomic E-state index is 0.143. The molecule has 0 aliphatic carbocycles. The third kappa shape index (κ3) is 4.89. The number of methoxy groups -OCH3 is 1. The van der Waals surface area contributed by atoms with Crippen LogP contribution in [0.5, 0.6) is 0 Å². The van der Waals surface area contributed by atoms with Crippen LogP contribution in [-0.4, -0.2) is 25.0 Å². The highest BCUT2D eigenvalue weighted by atomic mass is 79.9. The highest BCUT2D eigenvalue weighted by Gasteiger charge is 2.22. The number of rotatable bonds is 5. The Hall–Kier alpha value is -2.21. The first-order valence-electron chi connectivity index (χ1n) is 6.88. The van der Waals surface area contributed by atoms with Crippen molar-refractivity contribution in [1.29, 1.82) is 0 Å². The van der Waals surface area contributed by atoms with E-state index in [4.69, 9.17) is 4.74 Å². The molecule has 6 heteroatoms. The van der Waals surface area contributed by atoms with E-state index in [0.29, 0.717) is 11.1 Å². The molecule has 0 spiro atoms. The highest BCUT2D eigenvalue weighted by Crippen LogP contribution is 2.13. The second-order valence-electron chi connectivity index (χ2n) is 4.89. The molecule has 1 N–H and O–H groups in total. The minimum atomic E-state index is -0.895. The van der Waals surface area contributed by atoms with Gasteiger partial charge in [-0.25, -0.2) is 9.18 Å². The molecule has 2 rings (SSSR count). The van der Waals surface area contributed by atoms with Crippen molar-refractivity contribution in [1.82, 2.24) is 5.32 Å². The monoisotopic (exact) mass is 379 g/mol. The van der Waals surface area contributed by atoms with Crippen molar-refractivity contribution < 1.29 is 18.7 Å². The number of amides is 1. The molecule has 0 aliphatic rings. The van der Waals surface area contributed by atoms with Crippen molar-refractivity contribution in [2.75, 3.05) is 7.11 Å². The summed E-state index contributed by atoms with van der Waals surface area (Å²) in [6.07, 6.45) is 0.143. The van der Waals surface area contributed by atoms with E-state index in [1.807, 2.05) is 0 Å². The van der Waals surface area contributed by atoms with E-state index >= 15 is 0 Å². The van der Waals surface area contributed by atoms with Gasteiger partial charge in [0.25, 0.3) is 5.91 Å². The van der Waals surface area contributed by atoms with E-state index in [-0.39, 0.29) is 6.42 Å². The zero-order chi connectivity index (χ0) is 16.8. The summed E-state index contributed by atoms with van der Waals surface area (Å²) in [6.45, 7) is 0. The summed E-state index contributed by atoms with van der Waals surface area (Å²) in [6, 6.07) is 11.8. The van der Waals surface area contributed by atoms with E-state index in [0.717, 1.165) is 4.47 Å². The van der Waals surface area contributed by atoms with Gasteiger partial charge in [0.15, 0.2) is 0 Å². The maximum Gasteiger partial charge on any atom is 0.328 e. The number of hydrogen-bond donors (Lipinski definition) is 1. The van der Waals surface area contributed by atoms with Crippen LogP contribution in [0.15, 0.2) is 53.0 Å². The number of carbonyl (C=O) groups excluding carboxylic acids is 2. The fourth-order valence-corrected chi connectivity index (χ4v) is 2.51. The molecule has 0 aromatic heterocycles. The molecule has 23 heavy (non-hydrogen) atoms. The Morgan fingerprint density at radius 3 is 2.61 bits per heavy atom. The molecular formula is C17H15BrFNO3. The summed E-state index contributed by atoms with van der Waals surface area (Å²) < 4.78 is 18.7. The van der Waals surface area contributed by atoms with Gasteiger partial charge in [-0.05, 0) is 35.9 Å². The number of carbonyl (C=O) groups is 2. The summed E-state index contributed by atoms with van der Waals surface area (Å²) in [7, 11) is 1.24. The van der Waals surface area contributed by atoms with Crippen molar-refractivity contribution in [3.63, 3.8) is 0 Å². The summed E-state index contributed by atoms with van der Waals surface area (Å²) in [5.74, 6) is -1.39. The van der Waals surface area contributed by atoms with Gasteiger partial charge in [-0.1, -0.05) is 34.1 Å². The molecule has 0 unspecified atom stereocenters. The molecule has 0 saturated heterocycles. The summed E-state index contributed by atoms with van der Waals surface area (Å²) >= 11 is 3.29. The molecule has 0 saturated carbocycles. The third-order valence-corrected chi connectivity index (χ3v) is 3.70. The Balaban J connectivity index is 2.15. The first kappa shape index (κ1) is 17.1. The number of nitrogens with one attached hydrogen (secondary N) is 1. The first-order chi connectivity index (χ1) is 11.0. The molecule has 0 heterocycles. The van der Waals surface area contributed by atoms with Gasteiger partial charge >= 0.3 is 5.97 Å². The highest BCUT2D eigenvalue weighted by molar-refractivity contribution is 9.10. The fourth-order valence-electron chi connectivity index (χ4n) is 2.11. The van der Waals surface area contributed by atoms with Gasteiger partial charge in [0.2, 0.25) is 0 Å². The lowest BCUT2D eigenvalue weighted by molar-refractivity contribution is -0.142. The lowest BCUT2D eigenvalue weighted by Gasteiger charge is -2.17. The van der Waals surface area contributed by atoms with Gasteiger partial charge in [0.1, 0.15) is 11.9 Å². The maximum absolute atomic E-state index is 13.3. The van der Waals surface area contributed by atoms with E-state index in [2.05, 4.69) is 21.2 Å². The largest absolute Gasteiger partial charge is 0.467 e. The predicted octanol–water partition coefficient (Wildman–Crippen LogP) is 3.10. The van der Waals surface area contributed by atoms with Crippen molar-refractivity contribution in [3.05, 3.63) is 69.9 Å². The van der Waals surface area contributed by atoms with Gasteiger partial charge in [-0.3, -0.25) is 4.79 Å². The zero-order valence-corrected chi connectivity index (χ0v) is 14.0. The first-order valence-corrected chi connectivity index (χ1v) is 7.67. The Morgan fingerprint density at radius 1 is 1.22 bits per heavy atom. The summed E-state index contributed by atoms with van der Waals surface area (Å²) in [5.41, 5.74) is 1.00. The smallest absolute Gasteiger partial charge is 0.328 e. The number of benzene rings is 2. The molecule has 0 bridgehead atoms. The van der Waals surface area contributed by atoms with E-state index in [9.17, 15) is 14.0 Å². The standard InChI is InChI=1S/C17H15BrFNO3/c1-23-17(22)15(9-11-4-2-7-14(19)8-11)20-16(21)12-5-3-6-13(18)10-12/h2-8,10,15H,9H2,1H3,(H,20,21)/t15-/m1/s1. The van der Waals surface area contributed by atoms with Crippen molar-refractivity contribution >= 4 is 27.8 Å². The van der Waals surface area contributed by atoms with Crippen LogP contribution >= 0.6 is 15.9 Å². The minimum Gasteiger partial charge on any atom is -0.467 e. The number of hydrogen-bond acceptors (Lipinski definition) is 3. The van der Waals surface area contributed by atoms with Gasteiger partial charge in [0, 0.05) is 16.5 Å². The molecule has 0 aliphatic heterocycles. The molecular weight excluding hydrogens is 365 g/mol. The normalized spacial score (nSPS) is 11.6. The average Bonchev–Trinajstić information content (AvgIpc) is 2.53. The molecule has 1 amide bonds. The molecule has 120 valence electrons. The Morgan fingerprint density at radius 2 is 1.96 bits per heavy atom. The maximum atomic E-state index is 13.3. The van der Waals surface area contributed by atoms with Crippen LogP contribution in [0.4, 0.5) is 4.39 Å². The van der Waals surface area contributed by atoms with E-state index < -0.39 is 23.7 Å². The van der Waals surface area contributed by atoms with Crippen LogP contribution in [0.1, 0.15) is 15.9 Å². The van der Waals surface area contributed by atoms with Crippen LogP contribution in [0.2, 0.25) is 0 Å². The van der Waals surface area contributed by atoms with Gasteiger partial charge < -0.3 is 10.1 Å². The van der Waals surface area contributed by atoms with Gasteiger partial charge in [-0.2, -0.15) is 0 Å². The summed E-state index contributed by atoms with van der Waals surface area (Å²) in [4.78, 5) is 24.2. The fraction of sp³-hybridized carbons (Fsp3) is 0.176. The zero-order valence-electron chi connectivity index (χ0n) is 12.4. The van der Waals surface area contributed by atoms with Crippen LogP contribution < -0.4 is 5.32 Å². The van der Waals surface area contributed by atoms with Crippen LogP contribution in [0, 0.1) is 5.82 Å². The number of esters is 1. The molecule has 0 fully saturated rings. The Labute approximate surface area is 141 Å². The average molecular weight is 380 g/mol. The quantitative estimate of drug-likeness (QED) is 0.812. The van der Waals surface area contributed by atoms with E-state index in [1.165, 1.54) is 19.2 Å². The van der Waals surface area contributed by atoms with Crippen molar-refractivity contribution in [3.8, 4) is 0 Å².